The molecule has 1 aromatic heterocycles. The highest BCUT2D eigenvalue weighted by molar-refractivity contribution is 6.00. The third-order valence-corrected chi connectivity index (χ3v) is 6.45. The van der Waals surface area contributed by atoms with E-state index in [0.29, 0.717) is 23.5 Å². The molecule has 37 heavy (non-hydrogen) atoms. The molecule has 11 heteroatoms. The van der Waals surface area contributed by atoms with Crippen LogP contribution in [-0.4, -0.2) is 58.3 Å². The molecule has 10 nitrogen and oxygen atoms in total. The van der Waals surface area contributed by atoms with Crippen LogP contribution in [0.15, 0.2) is 42.5 Å². The molecule has 196 valence electrons. The van der Waals surface area contributed by atoms with Gasteiger partial charge >= 0.3 is 0 Å². The summed E-state index contributed by atoms with van der Waals surface area (Å²) in [5, 5.41) is 15.4. The number of nitrogens with one attached hydrogen (secondary N) is 1. The summed E-state index contributed by atoms with van der Waals surface area (Å²) in [5.41, 5.74) is 0.644. The fourth-order valence-electron chi connectivity index (χ4n) is 4.57. The molecule has 0 bridgehead atoms. The number of anilines is 1. The number of rotatable bonds is 10. The molecule has 0 unspecified atom stereocenters. The summed E-state index contributed by atoms with van der Waals surface area (Å²) in [6.07, 6.45) is 4.21. The summed E-state index contributed by atoms with van der Waals surface area (Å²) in [4.78, 5) is 29.1. The largest absolute Gasteiger partial charge is 0.493 e. The molecule has 4 rings (SSSR count). The Balaban J connectivity index is 1.58. The first-order valence-electron chi connectivity index (χ1n) is 12.3. The number of tetrazole rings is 1. The molecular formula is C26H31FN6O4. The minimum absolute atomic E-state index is 0.0288. The van der Waals surface area contributed by atoms with Crippen molar-refractivity contribution in [1.29, 1.82) is 0 Å². The maximum absolute atomic E-state index is 14.9. The molecule has 0 spiro atoms. The highest BCUT2D eigenvalue weighted by Crippen LogP contribution is 2.31. The van der Waals surface area contributed by atoms with Crippen LogP contribution >= 0.6 is 0 Å². The van der Waals surface area contributed by atoms with Crippen LogP contribution in [0.5, 0.6) is 11.5 Å². The second-order valence-electron chi connectivity index (χ2n) is 8.84. The van der Waals surface area contributed by atoms with Gasteiger partial charge in [-0.05, 0) is 54.8 Å². The van der Waals surface area contributed by atoms with Crippen LogP contribution in [0, 0.1) is 5.82 Å². The third kappa shape index (κ3) is 5.87. The molecule has 1 N–H and O–H groups in total. The molecule has 1 heterocycles. The molecule has 1 aliphatic carbocycles. The highest BCUT2D eigenvalue weighted by atomic mass is 19.1. The van der Waals surface area contributed by atoms with Crippen molar-refractivity contribution in [3.8, 4) is 22.9 Å². The normalized spacial score (nSPS) is 14.3. The van der Waals surface area contributed by atoms with Crippen LogP contribution in [0.4, 0.5) is 10.1 Å². The van der Waals surface area contributed by atoms with E-state index >= 15 is 0 Å². The Morgan fingerprint density at radius 1 is 1.14 bits per heavy atom. The van der Waals surface area contributed by atoms with Gasteiger partial charge in [-0.25, -0.2) is 4.39 Å². The zero-order chi connectivity index (χ0) is 26.4. The SMILES string of the molecule is CC[C@@H](C(=O)NC1CCCC1)N(C(=O)Cn1nnc(-c2ccc(OC)c(OC)c2)n1)c1ccccc1F. The van der Waals surface area contributed by atoms with Crippen molar-refractivity contribution in [2.75, 3.05) is 19.1 Å². The maximum atomic E-state index is 14.9. The maximum Gasteiger partial charge on any atom is 0.251 e. The minimum atomic E-state index is -0.890. The fraction of sp³-hybridized carbons (Fsp3) is 0.423. The van der Waals surface area contributed by atoms with Crippen LogP contribution in [0.3, 0.4) is 0 Å². The van der Waals surface area contributed by atoms with Gasteiger partial charge < -0.3 is 14.8 Å². The lowest BCUT2D eigenvalue weighted by Gasteiger charge is -2.31. The molecule has 0 radical (unpaired) electrons. The van der Waals surface area contributed by atoms with E-state index in [1.165, 1.54) is 37.3 Å². The van der Waals surface area contributed by atoms with Crippen molar-refractivity contribution in [2.45, 2.75) is 57.7 Å². The number of aromatic nitrogens is 4. The number of halogens is 1. The van der Waals surface area contributed by atoms with Crippen LogP contribution < -0.4 is 19.7 Å². The van der Waals surface area contributed by atoms with E-state index in [1.807, 2.05) is 0 Å². The van der Waals surface area contributed by atoms with Gasteiger partial charge in [0, 0.05) is 11.6 Å². The number of para-hydroxylation sites is 1. The van der Waals surface area contributed by atoms with Gasteiger partial charge in [0.15, 0.2) is 11.5 Å². The lowest BCUT2D eigenvalue weighted by molar-refractivity contribution is -0.127. The summed E-state index contributed by atoms with van der Waals surface area (Å²) in [5.74, 6) is -0.107. The number of hydrogen-bond donors (Lipinski definition) is 1. The molecule has 3 aromatic rings. The molecule has 1 saturated carbocycles. The predicted octanol–water partition coefficient (Wildman–Crippen LogP) is 3.37. The van der Waals surface area contributed by atoms with E-state index in [9.17, 15) is 14.0 Å². The Morgan fingerprint density at radius 2 is 1.86 bits per heavy atom. The van der Waals surface area contributed by atoms with Crippen molar-refractivity contribution in [3.05, 3.63) is 48.3 Å². The van der Waals surface area contributed by atoms with E-state index in [4.69, 9.17) is 9.47 Å². The lowest BCUT2D eigenvalue weighted by Crippen LogP contribution is -2.52. The van der Waals surface area contributed by atoms with Crippen molar-refractivity contribution < 1.29 is 23.5 Å². The Labute approximate surface area is 214 Å². The lowest BCUT2D eigenvalue weighted by atomic mass is 10.1. The summed E-state index contributed by atoms with van der Waals surface area (Å²) in [7, 11) is 3.06. The second kappa shape index (κ2) is 11.8. The first kappa shape index (κ1) is 26.1. The van der Waals surface area contributed by atoms with Gasteiger partial charge in [0.05, 0.1) is 19.9 Å². The predicted molar refractivity (Wildman–Crippen MR) is 135 cm³/mol. The Bertz CT molecular complexity index is 1240. The number of amides is 2. The Kier molecular flexibility index (Phi) is 8.32. The number of carbonyl (C=O) groups excluding carboxylic acids is 2. The van der Waals surface area contributed by atoms with Crippen LogP contribution in [0.1, 0.15) is 39.0 Å². The number of ether oxygens (including phenoxy) is 2. The van der Waals surface area contributed by atoms with Gasteiger partial charge in [-0.15, -0.1) is 10.2 Å². The van der Waals surface area contributed by atoms with E-state index in [0.717, 1.165) is 30.5 Å². The van der Waals surface area contributed by atoms with Gasteiger partial charge in [0.1, 0.15) is 18.4 Å². The van der Waals surface area contributed by atoms with Gasteiger partial charge in [-0.1, -0.05) is 31.9 Å². The summed E-state index contributed by atoms with van der Waals surface area (Å²) < 4.78 is 25.4. The van der Waals surface area contributed by atoms with Gasteiger partial charge in [-0.2, -0.15) is 4.80 Å². The quantitative estimate of drug-likeness (QED) is 0.445. The highest BCUT2D eigenvalue weighted by Gasteiger charge is 2.33. The number of hydrogen-bond acceptors (Lipinski definition) is 7. The molecule has 0 aliphatic heterocycles. The van der Waals surface area contributed by atoms with E-state index < -0.39 is 17.8 Å². The number of methoxy groups -OCH3 is 2. The van der Waals surface area contributed by atoms with Gasteiger partial charge in [0.25, 0.3) is 5.91 Å². The van der Waals surface area contributed by atoms with Crippen molar-refractivity contribution in [2.24, 2.45) is 0 Å². The van der Waals surface area contributed by atoms with E-state index in [-0.39, 0.29) is 30.0 Å². The van der Waals surface area contributed by atoms with Crippen LogP contribution in [0.25, 0.3) is 11.4 Å². The molecule has 1 fully saturated rings. The van der Waals surface area contributed by atoms with E-state index in [1.54, 1.807) is 31.2 Å². The Hall–Kier alpha value is -4.02. The second-order valence-corrected chi connectivity index (χ2v) is 8.84. The molecule has 1 atom stereocenters. The van der Waals surface area contributed by atoms with Crippen LogP contribution in [-0.2, 0) is 16.1 Å². The Morgan fingerprint density at radius 3 is 2.54 bits per heavy atom. The summed E-state index contributed by atoms with van der Waals surface area (Å²) in [6.45, 7) is 1.46. The van der Waals surface area contributed by atoms with Crippen LogP contribution in [0.2, 0.25) is 0 Å². The summed E-state index contributed by atoms with van der Waals surface area (Å²) >= 11 is 0. The molecular weight excluding hydrogens is 479 g/mol. The smallest absolute Gasteiger partial charge is 0.251 e. The fourth-order valence-corrected chi connectivity index (χ4v) is 4.57. The van der Waals surface area contributed by atoms with Crippen molar-refractivity contribution in [3.63, 3.8) is 0 Å². The average molecular weight is 511 g/mol. The third-order valence-electron chi connectivity index (χ3n) is 6.45. The zero-order valence-corrected chi connectivity index (χ0v) is 21.2. The first-order chi connectivity index (χ1) is 17.9. The van der Waals surface area contributed by atoms with Gasteiger partial charge in [-0.3, -0.25) is 14.5 Å². The van der Waals surface area contributed by atoms with Gasteiger partial charge in [0.2, 0.25) is 11.7 Å². The zero-order valence-electron chi connectivity index (χ0n) is 21.2. The van der Waals surface area contributed by atoms with E-state index in [2.05, 4.69) is 20.7 Å². The van der Waals surface area contributed by atoms with Crippen molar-refractivity contribution in [1.82, 2.24) is 25.5 Å². The standard InChI is InChI=1S/C26H31FN6O4/c1-4-20(26(35)28-18-9-5-6-10-18)33(21-12-8-7-11-19(21)27)24(34)16-32-30-25(29-31-32)17-13-14-22(36-2)23(15-17)37-3/h7-8,11-15,18,20H,4-6,9-10,16H2,1-3H3,(H,28,35)/t20-/m0/s1. The first-order valence-corrected chi connectivity index (χ1v) is 12.3. The minimum Gasteiger partial charge on any atom is -0.493 e. The summed E-state index contributed by atoms with van der Waals surface area (Å²) in [6, 6.07) is 10.3. The number of benzene rings is 2. The molecule has 0 saturated heterocycles. The number of carbonyl (C=O) groups is 2. The monoisotopic (exact) mass is 510 g/mol. The van der Waals surface area contributed by atoms with Crippen molar-refractivity contribution >= 4 is 17.5 Å². The molecule has 1 aliphatic rings. The average Bonchev–Trinajstić information content (AvgIpc) is 3.59. The topological polar surface area (TPSA) is 111 Å². The molecule has 2 aromatic carbocycles. The molecule has 2 amide bonds. The number of nitrogens with zero attached hydrogens (tertiary/aromatic N) is 5.